The number of rotatable bonds is 6. The predicted octanol–water partition coefficient (Wildman–Crippen LogP) is 2.29. The fourth-order valence-electron chi connectivity index (χ4n) is 4.27. The number of ether oxygens (including phenoxy) is 2. The monoisotopic (exact) mass is 491 g/mol. The molecule has 2 aromatic carbocycles. The Labute approximate surface area is 206 Å². The van der Waals surface area contributed by atoms with E-state index in [1.807, 2.05) is 0 Å². The number of methoxy groups -OCH3 is 2. The van der Waals surface area contributed by atoms with Crippen LogP contribution in [0.4, 0.5) is 0 Å². The molecule has 0 aromatic heterocycles. The Bertz CT molecular complexity index is 1310. The van der Waals surface area contributed by atoms with Gasteiger partial charge in [-0.25, -0.2) is 0 Å². The zero-order valence-corrected chi connectivity index (χ0v) is 19.8. The van der Waals surface area contributed by atoms with E-state index in [2.05, 4.69) is 5.32 Å². The zero-order valence-electron chi connectivity index (χ0n) is 19.0. The number of fused-ring (bicyclic) bond motifs is 1. The van der Waals surface area contributed by atoms with Crippen molar-refractivity contribution in [3.63, 3.8) is 0 Å². The minimum atomic E-state index is -0.600. The van der Waals surface area contributed by atoms with Gasteiger partial charge in [-0.3, -0.25) is 34.3 Å². The van der Waals surface area contributed by atoms with Gasteiger partial charge in [-0.2, -0.15) is 0 Å². The molecular weight excluding hydrogens is 470 g/mol. The van der Waals surface area contributed by atoms with E-state index in [0.717, 1.165) is 17.7 Å². The minimum Gasteiger partial charge on any atom is -0.496 e. The molecular formula is C25H21N3O6S. The lowest BCUT2D eigenvalue weighted by atomic mass is 10.0. The van der Waals surface area contributed by atoms with Crippen LogP contribution in [0.25, 0.3) is 6.08 Å². The van der Waals surface area contributed by atoms with E-state index >= 15 is 0 Å². The van der Waals surface area contributed by atoms with Crippen molar-refractivity contribution in [2.45, 2.75) is 25.4 Å². The quantitative estimate of drug-likeness (QED) is 0.286. The van der Waals surface area contributed by atoms with E-state index in [0.29, 0.717) is 33.8 Å². The average Bonchev–Trinajstić information content (AvgIpc) is 3.65. The van der Waals surface area contributed by atoms with Gasteiger partial charge in [0.2, 0.25) is 0 Å². The summed E-state index contributed by atoms with van der Waals surface area (Å²) in [5.41, 5.74) is 1.52. The smallest absolute Gasteiger partial charge is 0.265 e. The molecule has 4 amide bonds. The molecule has 1 N–H and O–H groups in total. The van der Waals surface area contributed by atoms with Crippen molar-refractivity contribution in [1.29, 1.82) is 0 Å². The third-order valence-electron chi connectivity index (χ3n) is 6.18. The second-order valence-electron chi connectivity index (χ2n) is 8.37. The highest BCUT2D eigenvalue weighted by atomic mass is 32.1. The molecule has 2 aliphatic heterocycles. The van der Waals surface area contributed by atoms with Gasteiger partial charge >= 0.3 is 0 Å². The van der Waals surface area contributed by atoms with Crippen LogP contribution in [0.15, 0.2) is 42.0 Å². The first-order valence-corrected chi connectivity index (χ1v) is 11.4. The van der Waals surface area contributed by atoms with Gasteiger partial charge in [0.25, 0.3) is 23.6 Å². The Morgan fingerprint density at radius 1 is 0.971 bits per heavy atom. The number of hydrogen-bond donors (Lipinski definition) is 1. The van der Waals surface area contributed by atoms with Crippen molar-refractivity contribution in [2.75, 3.05) is 14.2 Å². The van der Waals surface area contributed by atoms with Gasteiger partial charge < -0.3 is 9.47 Å². The maximum absolute atomic E-state index is 13.1. The normalized spacial score (nSPS) is 18.8. The molecule has 0 spiro atoms. The zero-order chi connectivity index (χ0) is 24.9. The van der Waals surface area contributed by atoms with E-state index in [9.17, 15) is 19.2 Å². The Balaban J connectivity index is 1.53. The molecule has 0 radical (unpaired) electrons. The maximum Gasteiger partial charge on any atom is 0.265 e. The standard InChI is InChI=1S/C25H21N3O6S/c1-33-19-11-20(34-2)14(12-27-22(30)16-5-3-4-6-17(16)23(27)31)9-13(19)10-18-21(29)26-25(35)28(24(18)32)15-7-8-15/h3-6,9-11,15H,7-8,12H2,1-2H3,(H,26,29,35). The highest BCUT2D eigenvalue weighted by Crippen LogP contribution is 2.35. The summed E-state index contributed by atoms with van der Waals surface area (Å²) in [6.45, 7) is -0.0614. The number of imide groups is 1. The number of hydrogen-bond acceptors (Lipinski definition) is 7. The molecule has 2 aromatic rings. The summed E-state index contributed by atoms with van der Waals surface area (Å²) in [5.74, 6) is -1.14. The van der Waals surface area contributed by atoms with Gasteiger partial charge in [0.1, 0.15) is 17.1 Å². The van der Waals surface area contributed by atoms with Crippen LogP contribution in [0.1, 0.15) is 44.7 Å². The average molecular weight is 492 g/mol. The number of carbonyl (C=O) groups excluding carboxylic acids is 4. The summed E-state index contributed by atoms with van der Waals surface area (Å²) in [6.07, 6.45) is 3.08. The van der Waals surface area contributed by atoms with E-state index in [4.69, 9.17) is 21.7 Å². The molecule has 178 valence electrons. The van der Waals surface area contributed by atoms with Crippen LogP contribution < -0.4 is 14.8 Å². The van der Waals surface area contributed by atoms with Crippen LogP contribution in [0.5, 0.6) is 11.5 Å². The van der Waals surface area contributed by atoms with Crippen molar-refractivity contribution >= 4 is 47.0 Å². The molecule has 3 aliphatic rings. The Morgan fingerprint density at radius 2 is 1.60 bits per heavy atom. The molecule has 1 saturated carbocycles. The Hall–Kier alpha value is -4.05. The molecule has 0 atom stereocenters. The number of thiocarbonyl (C=S) groups is 1. The molecule has 35 heavy (non-hydrogen) atoms. The Morgan fingerprint density at radius 3 is 2.17 bits per heavy atom. The van der Waals surface area contributed by atoms with Crippen LogP contribution in [-0.4, -0.2) is 58.8 Å². The van der Waals surface area contributed by atoms with Crippen LogP contribution in [0, 0.1) is 0 Å². The first-order valence-electron chi connectivity index (χ1n) is 10.9. The van der Waals surface area contributed by atoms with Crippen LogP contribution in [0.3, 0.4) is 0 Å². The maximum atomic E-state index is 13.1. The van der Waals surface area contributed by atoms with Crippen molar-refractivity contribution in [3.05, 3.63) is 64.2 Å². The van der Waals surface area contributed by atoms with Crippen molar-refractivity contribution in [2.24, 2.45) is 0 Å². The molecule has 1 aliphatic carbocycles. The summed E-state index contributed by atoms with van der Waals surface area (Å²) in [7, 11) is 2.92. The summed E-state index contributed by atoms with van der Waals surface area (Å²) >= 11 is 5.18. The summed E-state index contributed by atoms with van der Waals surface area (Å²) in [5, 5.41) is 2.68. The molecule has 2 fully saturated rings. The summed E-state index contributed by atoms with van der Waals surface area (Å²) < 4.78 is 11.0. The molecule has 2 heterocycles. The van der Waals surface area contributed by atoms with Gasteiger partial charge in [-0.05, 0) is 49.3 Å². The van der Waals surface area contributed by atoms with Crippen LogP contribution in [-0.2, 0) is 16.1 Å². The van der Waals surface area contributed by atoms with Gasteiger partial charge in [-0.15, -0.1) is 0 Å². The fraction of sp³-hybridized carbons (Fsp3) is 0.240. The number of amides is 4. The topological polar surface area (TPSA) is 105 Å². The van der Waals surface area contributed by atoms with Crippen molar-refractivity contribution < 1.29 is 28.7 Å². The minimum absolute atomic E-state index is 0.0128. The summed E-state index contributed by atoms with van der Waals surface area (Å²) in [6, 6.07) is 9.85. The number of benzene rings is 2. The van der Waals surface area contributed by atoms with Crippen LogP contribution >= 0.6 is 12.2 Å². The second-order valence-corrected chi connectivity index (χ2v) is 8.76. The second kappa shape index (κ2) is 8.62. The van der Waals surface area contributed by atoms with E-state index in [-0.39, 0.29) is 23.3 Å². The molecule has 0 bridgehead atoms. The van der Waals surface area contributed by atoms with Crippen molar-refractivity contribution in [3.8, 4) is 11.5 Å². The molecule has 9 nitrogen and oxygen atoms in total. The molecule has 1 saturated heterocycles. The van der Waals surface area contributed by atoms with Crippen LogP contribution in [0.2, 0.25) is 0 Å². The highest BCUT2D eigenvalue weighted by molar-refractivity contribution is 7.80. The van der Waals surface area contributed by atoms with Crippen molar-refractivity contribution in [1.82, 2.24) is 15.1 Å². The van der Waals surface area contributed by atoms with Gasteiger partial charge in [-0.1, -0.05) is 12.1 Å². The number of nitrogens with one attached hydrogen (secondary N) is 1. The van der Waals surface area contributed by atoms with Gasteiger partial charge in [0.15, 0.2) is 5.11 Å². The van der Waals surface area contributed by atoms with Gasteiger partial charge in [0.05, 0.1) is 31.9 Å². The first kappa shape index (κ1) is 22.7. The third-order valence-corrected chi connectivity index (χ3v) is 6.48. The first-order chi connectivity index (χ1) is 16.8. The Kier molecular flexibility index (Phi) is 5.60. The third kappa shape index (κ3) is 3.85. The SMILES string of the molecule is COc1cc(OC)c(CN2C(=O)c3ccccc3C2=O)cc1C=C1C(=O)NC(=S)N(C2CC2)C1=O. The predicted molar refractivity (Wildman–Crippen MR) is 129 cm³/mol. The van der Waals surface area contributed by atoms with Gasteiger partial charge in [0, 0.05) is 23.2 Å². The molecule has 5 rings (SSSR count). The van der Waals surface area contributed by atoms with E-state index in [1.165, 1.54) is 25.2 Å². The lowest BCUT2D eigenvalue weighted by molar-refractivity contribution is -0.129. The number of carbonyl (C=O) groups is 4. The molecule has 10 heteroatoms. The summed E-state index contributed by atoms with van der Waals surface area (Å²) in [4.78, 5) is 54.0. The molecule has 0 unspecified atom stereocenters. The largest absolute Gasteiger partial charge is 0.496 e. The van der Waals surface area contributed by atoms with E-state index < -0.39 is 23.6 Å². The highest BCUT2D eigenvalue weighted by Gasteiger charge is 2.42. The lowest BCUT2D eigenvalue weighted by Gasteiger charge is -2.29. The number of nitrogens with zero attached hydrogens (tertiary/aromatic N) is 2. The lowest BCUT2D eigenvalue weighted by Crippen LogP contribution is -2.54. The van der Waals surface area contributed by atoms with E-state index in [1.54, 1.807) is 36.4 Å². The fourth-order valence-corrected chi connectivity index (χ4v) is 4.60.